The quantitative estimate of drug-likeness (QED) is 0.710. The van der Waals surface area contributed by atoms with Crippen LogP contribution in [0.1, 0.15) is 19.5 Å². The summed E-state index contributed by atoms with van der Waals surface area (Å²) in [5.41, 5.74) is 0.773. The second-order valence-corrected chi connectivity index (χ2v) is 5.53. The van der Waals surface area contributed by atoms with Gasteiger partial charge in [-0.15, -0.1) is 0 Å². The monoisotopic (exact) mass is 297 g/mol. The lowest BCUT2D eigenvalue weighted by Crippen LogP contribution is -2.57. The van der Waals surface area contributed by atoms with Crippen LogP contribution in [0.15, 0.2) is 12.4 Å². The molecule has 7 nitrogen and oxygen atoms in total. The van der Waals surface area contributed by atoms with Crippen LogP contribution in [0.25, 0.3) is 0 Å². The number of rotatable bonds is 5. The van der Waals surface area contributed by atoms with Gasteiger partial charge in [-0.05, 0) is 20.8 Å². The number of hydrogen-bond donors (Lipinski definition) is 3. The molecule has 1 saturated heterocycles. The van der Waals surface area contributed by atoms with Crippen molar-refractivity contribution in [3.05, 3.63) is 18.1 Å². The summed E-state index contributed by atoms with van der Waals surface area (Å²) in [7, 11) is 0. The highest BCUT2D eigenvalue weighted by Crippen LogP contribution is 2.19. The van der Waals surface area contributed by atoms with Crippen molar-refractivity contribution in [2.75, 3.05) is 18.5 Å². The third kappa shape index (κ3) is 4.34. The largest absolute Gasteiger partial charge is 0.388 e. The Hall–Kier alpha value is -1.28. The number of hydrogen-bond acceptors (Lipinski definition) is 7. The SMILES string of the molecule is Cc1cncc(N[C@H]2CO[C@H](COC(C)C)[C@H](O)[C@@H]2O)n1. The summed E-state index contributed by atoms with van der Waals surface area (Å²) in [6, 6.07) is -0.439. The van der Waals surface area contributed by atoms with Crippen molar-refractivity contribution in [2.45, 2.75) is 51.2 Å². The van der Waals surface area contributed by atoms with Gasteiger partial charge in [-0.1, -0.05) is 0 Å². The molecule has 1 aromatic rings. The normalized spacial score (nSPS) is 29.6. The molecule has 21 heavy (non-hydrogen) atoms. The van der Waals surface area contributed by atoms with Gasteiger partial charge in [0.1, 0.15) is 24.1 Å². The molecule has 1 fully saturated rings. The van der Waals surface area contributed by atoms with E-state index in [0.717, 1.165) is 5.69 Å². The topological polar surface area (TPSA) is 96.7 Å². The Labute approximate surface area is 124 Å². The van der Waals surface area contributed by atoms with E-state index in [0.29, 0.717) is 5.82 Å². The molecule has 1 aromatic heterocycles. The van der Waals surface area contributed by atoms with Crippen LogP contribution in [-0.2, 0) is 9.47 Å². The average Bonchev–Trinajstić information content (AvgIpc) is 2.43. The molecule has 2 heterocycles. The number of aryl methyl sites for hydroxylation is 1. The molecule has 0 aromatic carbocycles. The second kappa shape index (κ2) is 7.13. The highest BCUT2D eigenvalue weighted by Gasteiger charge is 2.38. The summed E-state index contributed by atoms with van der Waals surface area (Å²) in [4.78, 5) is 8.29. The van der Waals surface area contributed by atoms with Gasteiger partial charge in [0.2, 0.25) is 0 Å². The second-order valence-electron chi connectivity index (χ2n) is 5.53. The number of nitrogens with zero attached hydrogens (tertiary/aromatic N) is 2. The van der Waals surface area contributed by atoms with Gasteiger partial charge >= 0.3 is 0 Å². The first kappa shape index (κ1) is 16.1. The molecule has 0 radical (unpaired) electrons. The van der Waals surface area contributed by atoms with Gasteiger partial charge in [0.25, 0.3) is 0 Å². The summed E-state index contributed by atoms with van der Waals surface area (Å²) in [5, 5.41) is 23.4. The van der Waals surface area contributed by atoms with Crippen LogP contribution in [-0.4, -0.2) is 63.9 Å². The van der Waals surface area contributed by atoms with Crippen molar-refractivity contribution in [1.82, 2.24) is 9.97 Å². The molecule has 3 N–H and O–H groups in total. The van der Waals surface area contributed by atoms with E-state index in [-0.39, 0.29) is 19.3 Å². The molecule has 1 aliphatic rings. The lowest BCUT2D eigenvalue weighted by Gasteiger charge is -2.38. The van der Waals surface area contributed by atoms with Crippen molar-refractivity contribution < 1.29 is 19.7 Å². The maximum Gasteiger partial charge on any atom is 0.145 e. The van der Waals surface area contributed by atoms with Crippen LogP contribution < -0.4 is 5.32 Å². The minimum absolute atomic E-state index is 0.0522. The van der Waals surface area contributed by atoms with Crippen molar-refractivity contribution in [3.63, 3.8) is 0 Å². The number of ether oxygens (including phenoxy) is 2. The van der Waals surface area contributed by atoms with Gasteiger partial charge in [-0.3, -0.25) is 4.98 Å². The van der Waals surface area contributed by atoms with Gasteiger partial charge in [-0.2, -0.15) is 0 Å². The van der Waals surface area contributed by atoms with E-state index in [1.54, 1.807) is 12.4 Å². The zero-order valence-corrected chi connectivity index (χ0v) is 12.6. The molecule has 0 spiro atoms. The van der Waals surface area contributed by atoms with E-state index in [9.17, 15) is 10.2 Å². The van der Waals surface area contributed by atoms with Crippen LogP contribution >= 0.6 is 0 Å². The van der Waals surface area contributed by atoms with Crippen LogP contribution in [0.5, 0.6) is 0 Å². The van der Waals surface area contributed by atoms with Crippen LogP contribution in [0.2, 0.25) is 0 Å². The predicted octanol–water partition coefficient (Wildman–Crippen LogP) is 0.111. The van der Waals surface area contributed by atoms with Crippen LogP contribution in [0.3, 0.4) is 0 Å². The van der Waals surface area contributed by atoms with Gasteiger partial charge in [-0.25, -0.2) is 4.98 Å². The molecule has 0 unspecified atom stereocenters. The number of anilines is 1. The Morgan fingerprint density at radius 3 is 2.81 bits per heavy atom. The van der Waals surface area contributed by atoms with E-state index in [1.807, 2.05) is 20.8 Å². The zero-order valence-electron chi connectivity index (χ0n) is 12.6. The van der Waals surface area contributed by atoms with Crippen molar-refractivity contribution in [3.8, 4) is 0 Å². The first-order valence-corrected chi connectivity index (χ1v) is 7.12. The minimum Gasteiger partial charge on any atom is -0.388 e. The Balaban J connectivity index is 1.93. The average molecular weight is 297 g/mol. The van der Waals surface area contributed by atoms with Crippen molar-refractivity contribution in [1.29, 1.82) is 0 Å². The molecule has 0 saturated carbocycles. The molecule has 118 valence electrons. The van der Waals surface area contributed by atoms with E-state index < -0.39 is 24.4 Å². The number of aliphatic hydroxyl groups is 2. The Morgan fingerprint density at radius 2 is 2.14 bits per heavy atom. The Kier molecular flexibility index (Phi) is 5.46. The molecular formula is C14H23N3O4. The number of nitrogens with one attached hydrogen (secondary N) is 1. The van der Waals surface area contributed by atoms with Crippen molar-refractivity contribution >= 4 is 5.82 Å². The van der Waals surface area contributed by atoms with E-state index in [4.69, 9.17) is 9.47 Å². The fraction of sp³-hybridized carbons (Fsp3) is 0.714. The summed E-state index contributed by atoms with van der Waals surface area (Å²) in [6.07, 6.45) is 0.780. The highest BCUT2D eigenvalue weighted by molar-refractivity contribution is 5.33. The molecule has 2 rings (SSSR count). The lowest BCUT2D eigenvalue weighted by atomic mass is 9.98. The van der Waals surface area contributed by atoms with Crippen molar-refractivity contribution in [2.24, 2.45) is 0 Å². The standard InChI is InChI=1S/C14H23N3O4/c1-8(2)20-7-11-14(19)13(18)10(6-21-11)17-12-5-15-4-9(3)16-12/h4-5,8,10-11,13-14,18-19H,6-7H2,1-3H3,(H,16,17)/t10-,11+,13+,14-/m0/s1. The van der Waals surface area contributed by atoms with E-state index in [2.05, 4.69) is 15.3 Å². The zero-order chi connectivity index (χ0) is 15.4. The first-order chi connectivity index (χ1) is 9.97. The summed E-state index contributed by atoms with van der Waals surface area (Å²) < 4.78 is 11.0. The Morgan fingerprint density at radius 1 is 1.38 bits per heavy atom. The maximum absolute atomic E-state index is 10.2. The first-order valence-electron chi connectivity index (χ1n) is 7.12. The molecule has 7 heteroatoms. The third-order valence-corrected chi connectivity index (χ3v) is 3.32. The van der Waals surface area contributed by atoms with Gasteiger partial charge in [0, 0.05) is 6.20 Å². The fourth-order valence-corrected chi connectivity index (χ4v) is 2.17. The van der Waals surface area contributed by atoms with E-state index >= 15 is 0 Å². The summed E-state index contributed by atoms with van der Waals surface area (Å²) in [6.45, 7) is 6.17. The number of aromatic nitrogens is 2. The van der Waals surface area contributed by atoms with Gasteiger partial charge in [0.15, 0.2) is 0 Å². The van der Waals surface area contributed by atoms with Crippen LogP contribution in [0, 0.1) is 6.92 Å². The smallest absolute Gasteiger partial charge is 0.145 e. The molecule has 0 bridgehead atoms. The van der Waals surface area contributed by atoms with Gasteiger partial charge in [0.05, 0.1) is 37.3 Å². The number of aliphatic hydroxyl groups excluding tert-OH is 2. The minimum atomic E-state index is -1.01. The summed E-state index contributed by atoms with van der Waals surface area (Å²) in [5.74, 6) is 0.548. The Bertz CT molecular complexity index is 458. The molecule has 0 aliphatic carbocycles. The molecule has 1 aliphatic heterocycles. The van der Waals surface area contributed by atoms with Gasteiger partial charge < -0.3 is 25.0 Å². The van der Waals surface area contributed by atoms with Crippen LogP contribution in [0.4, 0.5) is 5.82 Å². The third-order valence-electron chi connectivity index (χ3n) is 3.32. The summed E-state index contributed by atoms with van der Waals surface area (Å²) >= 11 is 0. The van der Waals surface area contributed by atoms with E-state index in [1.165, 1.54) is 0 Å². The predicted molar refractivity (Wildman–Crippen MR) is 77.0 cm³/mol. The fourth-order valence-electron chi connectivity index (χ4n) is 2.17. The molecule has 4 atom stereocenters. The highest BCUT2D eigenvalue weighted by atomic mass is 16.5. The maximum atomic E-state index is 10.2. The lowest BCUT2D eigenvalue weighted by molar-refractivity contribution is -0.163. The molecular weight excluding hydrogens is 274 g/mol. The molecule has 0 amide bonds.